The Kier molecular flexibility index (Phi) is 4.29. The number of hydrogen-bond acceptors (Lipinski definition) is 2. The van der Waals surface area contributed by atoms with Crippen LogP contribution in [-0.4, -0.2) is 12.3 Å². The second-order valence-electron chi connectivity index (χ2n) is 5.21. The van der Waals surface area contributed by atoms with E-state index in [0.29, 0.717) is 16.5 Å². The third-order valence-electron chi connectivity index (χ3n) is 3.81. The van der Waals surface area contributed by atoms with Crippen LogP contribution in [0.15, 0.2) is 36.4 Å². The minimum absolute atomic E-state index is 0.109. The molecule has 1 aliphatic heterocycles. The topological polar surface area (TPSA) is 29.1 Å². The molecule has 0 saturated carbocycles. The Morgan fingerprint density at radius 2 is 2.05 bits per heavy atom. The Morgan fingerprint density at radius 3 is 2.86 bits per heavy atom. The summed E-state index contributed by atoms with van der Waals surface area (Å²) in [5, 5.41) is 4.45. The standard InChI is InChI=1S/C17H15Cl2NO/c18-13-5-4-11(16(19)9-13)8-17(21)15-3-1-2-12-10-20-7-6-14(12)15/h1-5,9,20H,6-8,10H2. The summed E-state index contributed by atoms with van der Waals surface area (Å²) >= 11 is 12.0. The number of benzene rings is 2. The molecule has 0 fully saturated rings. The predicted octanol–water partition coefficient (Wildman–Crippen LogP) is 4.06. The van der Waals surface area contributed by atoms with Crippen LogP contribution in [0.1, 0.15) is 27.0 Å². The Balaban J connectivity index is 1.89. The summed E-state index contributed by atoms with van der Waals surface area (Å²) in [5.41, 5.74) is 4.03. The highest BCUT2D eigenvalue weighted by atomic mass is 35.5. The van der Waals surface area contributed by atoms with Crippen LogP contribution < -0.4 is 5.32 Å². The first-order chi connectivity index (χ1) is 10.1. The van der Waals surface area contributed by atoms with Gasteiger partial charge >= 0.3 is 0 Å². The van der Waals surface area contributed by atoms with Gasteiger partial charge < -0.3 is 5.32 Å². The highest BCUT2D eigenvalue weighted by molar-refractivity contribution is 6.35. The van der Waals surface area contributed by atoms with Crippen molar-refractivity contribution in [3.63, 3.8) is 0 Å². The molecule has 0 amide bonds. The van der Waals surface area contributed by atoms with Gasteiger partial charge in [0.25, 0.3) is 0 Å². The van der Waals surface area contributed by atoms with E-state index in [1.807, 2.05) is 18.2 Å². The molecule has 3 rings (SSSR count). The van der Waals surface area contributed by atoms with Crippen molar-refractivity contribution in [2.75, 3.05) is 6.54 Å². The molecule has 0 bridgehead atoms. The van der Waals surface area contributed by atoms with Crippen LogP contribution in [0.2, 0.25) is 10.0 Å². The first-order valence-corrected chi connectivity index (χ1v) is 7.69. The molecular weight excluding hydrogens is 305 g/mol. The number of ketones is 1. The van der Waals surface area contributed by atoms with Crippen molar-refractivity contribution < 1.29 is 4.79 Å². The summed E-state index contributed by atoms with van der Waals surface area (Å²) in [7, 11) is 0. The number of hydrogen-bond donors (Lipinski definition) is 1. The van der Waals surface area contributed by atoms with Gasteiger partial charge in [-0.3, -0.25) is 4.79 Å². The highest BCUT2D eigenvalue weighted by Gasteiger charge is 2.18. The first-order valence-electron chi connectivity index (χ1n) is 6.94. The van der Waals surface area contributed by atoms with Gasteiger partial charge in [0, 0.05) is 28.6 Å². The quantitative estimate of drug-likeness (QED) is 0.864. The number of nitrogens with one attached hydrogen (secondary N) is 1. The van der Waals surface area contributed by atoms with E-state index in [4.69, 9.17) is 23.2 Å². The number of halogens is 2. The average Bonchev–Trinajstić information content (AvgIpc) is 2.49. The van der Waals surface area contributed by atoms with Gasteiger partial charge in [-0.2, -0.15) is 0 Å². The van der Waals surface area contributed by atoms with Crippen molar-refractivity contribution in [3.8, 4) is 0 Å². The third-order valence-corrected chi connectivity index (χ3v) is 4.39. The second-order valence-corrected chi connectivity index (χ2v) is 6.05. The van der Waals surface area contributed by atoms with Gasteiger partial charge in [0.2, 0.25) is 0 Å². The Bertz CT molecular complexity index is 697. The van der Waals surface area contributed by atoms with E-state index < -0.39 is 0 Å². The van der Waals surface area contributed by atoms with Gasteiger partial charge in [0.1, 0.15) is 0 Å². The zero-order chi connectivity index (χ0) is 14.8. The minimum Gasteiger partial charge on any atom is -0.312 e. The maximum absolute atomic E-state index is 12.6. The molecule has 1 aliphatic rings. The maximum Gasteiger partial charge on any atom is 0.167 e. The van der Waals surface area contributed by atoms with Crippen LogP contribution in [0.25, 0.3) is 0 Å². The smallest absolute Gasteiger partial charge is 0.167 e. The number of carbonyl (C=O) groups is 1. The highest BCUT2D eigenvalue weighted by Crippen LogP contribution is 2.24. The molecule has 108 valence electrons. The summed E-state index contributed by atoms with van der Waals surface area (Å²) in [6.45, 7) is 1.75. The number of rotatable bonds is 3. The Hall–Kier alpha value is -1.35. The molecule has 0 spiro atoms. The van der Waals surface area contributed by atoms with Gasteiger partial charge in [-0.15, -0.1) is 0 Å². The summed E-state index contributed by atoms with van der Waals surface area (Å²) in [5.74, 6) is 0.109. The molecular formula is C17H15Cl2NO. The first kappa shape index (κ1) is 14.6. The predicted molar refractivity (Wildman–Crippen MR) is 86.3 cm³/mol. The fourth-order valence-corrected chi connectivity index (χ4v) is 3.20. The van der Waals surface area contributed by atoms with Crippen molar-refractivity contribution in [3.05, 3.63) is 68.7 Å². The van der Waals surface area contributed by atoms with Gasteiger partial charge in [-0.1, -0.05) is 47.5 Å². The van der Waals surface area contributed by atoms with Crippen LogP contribution in [-0.2, 0) is 19.4 Å². The monoisotopic (exact) mass is 319 g/mol. The van der Waals surface area contributed by atoms with E-state index in [0.717, 1.165) is 30.6 Å². The van der Waals surface area contributed by atoms with E-state index in [1.165, 1.54) is 11.1 Å². The molecule has 2 nitrogen and oxygen atoms in total. The molecule has 0 atom stereocenters. The minimum atomic E-state index is 0.109. The molecule has 0 saturated heterocycles. The molecule has 21 heavy (non-hydrogen) atoms. The molecule has 0 aromatic heterocycles. The number of carbonyl (C=O) groups excluding carboxylic acids is 1. The molecule has 0 aliphatic carbocycles. The largest absolute Gasteiger partial charge is 0.312 e. The Labute approximate surface area is 134 Å². The lowest BCUT2D eigenvalue weighted by Crippen LogP contribution is -2.25. The average molecular weight is 320 g/mol. The fraction of sp³-hybridized carbons (Fsp3) is 0.235. The molecule has 2 aromatic rings. The fourth-order valence-electron chi connectivity index (χ4n) is 2.73. The zero-order valence-electron chi connectivity index (χ0n) is 11.5. The zero-order valence-corrected chi connectivity index (χ0v) is 13.0. The lowest BCUT2D eigenvalue weighted by molar-refractivity contribution is 0.0992. The van der Waals surface area contributed by atoms with Crippen LogP contribution in [0.4, 0.5) is 0 Å². The van der Waals surface area contributed by atoms with Crippen molar-refractivity contribution in [2.45, 2.75) is 19.4 Å². The van der Waals surface area contributed by atoms with Crippen LogP contribution in [0.5, 0.6) is 0 Å². The van der Waals surface area contributed by atoms with E-state index >= 15 is 0 Å². The molecule has 0 radical (unpaired) electrons. The lowest BCUT2D eigenvalue weighted by Gasteiger charge is -2.19. The Morgan fingerprint density at radius 1 is 1.19 bits per heavy atom. The second kappa shape index (κ2) is 6.18. The van der Waals surface area contributed by atoms with Crippen molar-refractivity contribution in [1.29, 1.82) is 0 Å². The van der Waals surface area contributed by atoms with E-state index in [-0.39, 0.29) is 5.78 Å². The van der Waals surface area contributed by atoms with Crippen molar-refractivity contribution in [2.24, 2.45) is 0 Å². The number of Topliss-reactive ketones (excluding diaryl/α,β-unsaturated/α-hetero) is 1. The maximum atomic E-state index is 12.6. The molecule has 1 N–H and O–H groups in total. The summed E-state index contributed by atoms with van der Waals surface area (Å²) in [6.07, 6.45) is 1.20. The van der Waals surface area contributed by atoms with Gasteiger partial charge in [-0.25, -0.2) is 0 Å². The van der Waals surface area contributed by atoms with Gasteiger partial charge in [-0.05, 0) is 41.8 Å². The normalized spacial score (nSPS) is 13.8. The van der Waals surface area contributed by atoms with Gasteiger partial charge in [0.05, 0.1) is 0 Å². The lowest BCUT2D eigenvalue weighted by atomic mass is 9.91. The van der Waals surface area contributed by atoms with Crippen LogP contribution in [0.3, 0.4) is 0 Å². The van der Waals surface area contributed by atoms with Crippen molar-refractivity contribution >= 4 is 29.0 Å². The van der Waals surface area contributed by atoms with Crippen molar-refractivity contribution in [1.82, 2.24) is 5.32 Å². The van der Waals surface area contributed by atoms with Crippen LogP contribution in [0, 0.1) is 0 Å². The van der Waals surface area contributed by atoms with E-state index in [1.54, 1.807) is 12.1 Å². The summed E-state index contributed by atoms with van der Waals surface area (Å²) in [4.78, 5) is 12.6. The molecule has 4 heteroatoms. The third kappa shape index (κ3) is 3.13. The summed E-state index contributed by atoms with van der Waals surface area (Å²) in [6, 6.07) is 11.2. The molecule has 2 aromatic carbocycles. The van der Waals surface area contributed by atoms with E-state index in [9.17, 15) is 4.79 Å². The van der Waals surface area contributed by atoms with Gasteiger partial charge in [0.15, 0.2) is 5.78 Å². The SMILES string of the molecule is O=C(Cc1ccc(Cl)cc1Cl)c1cccc2c1CCNC2. The van der Waals surface area contributed by atoms with Crippen LogP contribution >= 0.6 is 23.2 Å². The van der Waals surface area contributed by atoms with E-state index in [2.05, 4.69) is 11.4 Å². The number of fused-ring (bicyclic) bond motifs is 1. The molecule has 1 heterocycles. The molecule has 0 unspecified atom stereocenters. The summed E-state index contributed by atoms with van der Waals surface area (Å²) < 4.78 is 0.